The minimum atomic E-state index is -0.324. The largest absolute Gasteiger partial charge is 0.787 e. The lowest BCUT2D eigenvalue weighted by Crippen LogP contribution is -2.53. The molecule has 0 aromatic carbocycles. The van der Waals surface area contributed by atoms with Crippen LogP contribution in [0.4, 0.5) is 11.9 Å². The van der Waals surface area contributed by atoms with E-state index in [0.29, 0.717) is 11.6 Å². The summed E-state index contributed by atoms with van der Waals surface area (Å²) in [7, 11) is 0. The molecule has 0 atom stereocenters. The quantitative estimate of drug-likeness (QED) is 0.134. The van der Waals surface area contributed by atoms with Crippen molar-refractivity contribution >= 4 is 11.9 Å². The number of aromatic nitrogens is 14. The van der Waals surface area contributed by atoms with Gasteiger partial charge in [0.15, 0.2) is 0 Å². The molecule has 0 unspecified atom stereocenters. The number of aromatic amines is 2. The third-order valence-corrected chi connectivity index (χ3v) is 2.84. The second-order valence-electron chi connectivity index (χ2n) is 4.35. The Kier molecular flexibility index (Phi) is 6.06. The van der Waals surface area contributed by atoms with Crippen molar-refractivity contribution in [3.63, 3.8) is 0 Å². The number of nitrogens with zero attached hydrogens (tertiary/aromatic N) is 12. The van der Waals surface area contributed by atoms with Gasteiger partial charge in [-0.2, -0.15) is 0 Å². The Bertz CT molecular complexity index is 944. The number of tetrazole rings is 2. The highest BCUT2D eigenvalue weighted by molar-refractivity contribution is 5.41. The first kappa shape index (κ1) is 21.2. The van der Waals surface area contributed by atoms with Gasteiger partial charge in [-0.15, -0.1) is 29.7 Å². The third kappa shape index (κ3) is 3.55. The molecule has 0 saturated heterocycles. The average Bonchev–Trinajstić information content (AvgIpc) is 3.36. The minimum Gasteiger partial charge on any atom is -0.787 e. The zero-order valence-electron chi connectivity index (χ0n) is 13.5. The summed E-state index contributed by atoms with van der Waals surface area (Å²) in [6, 6.07) is 0. The van der Waals surface area contributed by atoms with E-state index < -0.39 is 0 Å². The first-order valence-corrected chi connectivity index (χ1v) is 6.34. The zero-order valence-corrected chi connectivity index (χ0v) is 13.5. The topological polar surface area (TPSA) is 366 Å². The van der Waals surface area contributed by atoms with Crippen molar-refractivity contribution in [3.05, 3.63) is 10.4 Å². The lowest BCUT2D eigenvalue weighted by atomic mass is 10.6. The summed E-state index contributed by atoms with van der Waals surface area (Å²) in [4.78, 5) is 0.111. The highest BCUT2D eigenvalue weighted by atomic mass is 16.5. The number of nitrogen functional groups attached to an aromatic ring is 4. The molecule has 0 spiro atoms. The van der Waals surface area contributed by atoms with Gasteiger partial charge < -0.3 is 32.8 Å². The molecule has 4 aromatic rings. The second kappa shape index (κ2) is 8.01. The summed E-state index contributed by atoms with van der Waals surface area (Å²) >= 11 is 0. The van der Waals surface area contributed by atoms with Crippen molar-refractivity contribution in [2.75, 3.05) is 23.2 Å². The van der Waals surface area contributed by atoms with E-state index in [1.54, 1.807) is 0 Å². The Morgan fingerprint density at radius 3 is 1.32 bits per heavy atom. The SMILES string of the molecule is Nc1n[nH]c(-c2[nH]nc(N)[n+]2N)[n+]1N.O.O.[O-]n1nnnc1-c1nnnn1[O-]. The Balaban J connectivity index is 0.000000264. The van der Waals surface area contributed by atoms with E-state index in [4.69, 9.17) is 23.2 Å². The van der Waals surface area contributed by atoms with Crippen molar-refractivity contribution < 1.29 is 20.3 Å². The predicted octanol–water partition coefficient (Wildman–Crippen LogP) is -7.66. The lowest BCUT2D eigenvalue weighted by Gasteiger charge is -2.07. The fourth-order valence-corrected chi connectivity index (χ4v) is 1.62. The van der Waals surface area contributed by atoms with Crippen molar-refractivity contribution in [2.45, 2.75) is 0 Å². The molecular weight excluding hydrogens is 388 g/mol. The van der Waals surface area contributed by atoms with Crippen LogP contribution in [0.3, 0.4) is 0 Å². The molecule has 0 bridgehead atoms. The summed E-state index contributed by atoms with van der Waals surface area (Å²) in [5.74, 6) is 11.4. The van der Waals surface area contributed by atoms with Crippen LogP contribution in [-0.2, 0) is 0 Å². The molecule has 0 saturated carbocycles. The van der Waals surface area contributed by atoms with Crippen LogP contribution in [-0.4, -0.2) is 72.1 Å². The third-order valence-electron chi connectivity index (χ3n) is 2.84. The summed E-state index contributed by atoms with van der Waals surface area (Å²) < 4.78 is 2.24. The van der Waals surface area contributed by atoms with Crippen LogP contribution in [0.2, 0.25) is 0 Å². The van der Waals surface area contributed by atoms with E-state index in [9.17, 15) is 10.4 Å². The highest BCUT2D eigenvalue weighted by Gasteiger charge is 2.25. The molecule has 28 heavy (non-hydrogen) atoms. The van der Waals surface area contributed by atoms with Gasteiger partial charge in [0.1, 0.15) is 0 Å². The number of hydrogen-bond donors (Lipinski definition) is 6. The van der Waals surface area contributed by atoms with E-state index >= 15 is 0 Å². The summed E-state index contributed by atoms with van der Waals surface area (Å²) in [5, 5.41) is 52.4. The molecule has 4 heterocycles. The Labute approximate surface area is 151 Å². The van der Waals surface area contributed by atoms with Crippen LogP contribution in [0.1, 0.15) is 0 Å². The first-order chi connectivity index (χ1) is 12.4. The predicted molar refractivity (Wildman–Crippen MR) is 85.1 cm³/mol. The molecule has 0 aliphatic heterocycles. The monoisotopic (exact) mass is 402 g/mol. The van der Waals surface area contributed by atoms with E-state index in [1.807, 2.05) is 0 Å². The fourth-order valence-electron chi connectivity index (χ4n) is 1.62. The highest BCUT2D eigenvalue weighted by Crippen LogP contribution is 2.07. The molecular formula is C6H14N18O4. The fraction of sp³-hybridized carbons (Fsp3) is 0. The molecule has 152 valence electrons. The maximum Gasteiger partial charge on any atom is 0.396 e. The number of hydrogen-bond acceptors (Lipinski definition) is 14. The van der Waals surface area contributed by atoms with Gasteiger partial charge in [-0.25, -0.2) is 0 Å². The summed E-state index contributed by atoms with van der Waals surface area (Å²) in [6.07, 6.45) is 0. The smallest absolute Gasteiger partial charge is 0.396 e. The van der Waals surface area contributed by atoms with E-state index in [0.717, 1.165) is 9.35 Å². The van der Waals surface area contributed by atoms with Crippen molar-refractivity contribution in [3.8, 4) is 23.3 Å². The number of nitrogens with two attached hydrogens (primary N) is 4. The molecule has 0 amide bonds. The number of H-pyrrole nitrogens is 2. The Morgan fingerprint density at radius 2 is 1.11 bits per heavy atom. The van der Waals surface area contributed by atoms with Crippen LogP contribution in [0.15, 0.2) is 0 Å². The Hall–Kier alpha value is -4.86. The van der Waals surface area contributed by atoms with Gasteiger partial charge >= 0.3 is 23.5 Å². The maximum atomic E-state index is 10.7. The Morgan fingerprint density at radius 1 is 0.750 bits per heavy atom. The standard InChI is InChI=1S/C4H8N10.C2N8O2.2H2O/c5-3-11-9-1(13(3)7)2-10-12-4(6)14(2)8;11-9-1(3-5-7-9)2-4-6-8-10(2)12;;/h7-8H2,(H4,5,6,9,10,11,12);;2*1H2/q;-2;;/p+2. The number of rotatable bonds is 2. The van der Waals surface area contributed by atoms with Gasteiger partial charge in [0.2, 0.25) is 11.6 Å². The van der Waals surface area contributed by atoms with Gasteiger partial charge in [0, 0.05) is 10.2 Å². The molecule has 22 heteroatoms. The molecule has 22 nitrogen and oxygen atoms in total. The molecule has 0 aliphatic rings. The van der Waals surface area contributed by atoms with Crippen molar-refractivity contribution in [1.82, 2.24) is 61.1 Å². The normalized spacial score (nSPS) is 9.71. The van der Waals surface area contributed by atoms with Crippen LogP contribution in [0.5, 0.6) is 0 Å². The van der Waals surface area contributed by atoms with E-state index in [2.05, 4.69) is 51.4 Å². The second-order valence-corrected chi connectivity index (χ2v) is 4.35. The maximum absolute atomic E-state index is 10.7. The van der Waals surface area contributed by atoms with E-state index in [1.165, 1.54) is 0 Å². The van der Waals surface area contributed by atoms with Gasteiger partial charge in [0.25, 0.3) is 0 Å². The van der Waals surface area contributed by atoms with Gasteiger partial charge in [-0.1, -0.05) is 0 Å². The molecule has 0 fully saturated rings. The minimum absolute atomic E-state index is 0. The summed E-state index contributed by atoms with van der Waals surface area (Å²) in [6.45, 7) is 0. The summed E-state index contributed by atoms with van der Waals surface area (Å²) in [5.41, 5.74) is 10.8. The molecule has 4 aromatic heterocycles. The lowest BCUT2D eigenvalue weighted by molar-refractivity contribution is -0.643. The average molecular weight is 402 g/mol. The van der Waals surface area contributed by atoms with Crippen molar-refractivity contribution in [2.24, 2.45) is 0 Å². The van der Waals surface area contributed by atoms with Crippen molar-refractivity contribution in [1.29, 1.82) is 0 Å². The molecule has 4 rings (SSSR count). The van der Waals surface area contributed by atoms with Gasteiger partial charge in [-0.3, -0.25) is 21.4 Å². The van der Waals surface area contributed by atoms with Crippen LogP contribution in [0.25, 0.3) is 23.3 Å². The first-order valence-electron chi connectivity index (χ1n) is 6.34. The number of nitrogens with one attached hydrogen (secondary N) is 2. The van der Waals surface area contributed by atoms with Crippen LogP contribution >= 0.6 is 0 Å². The van der Waals surface area contributed by atoms with Gasteiger partial charge in [0.05, 0.1) is 0 Å². The molecule has 0 aliphatic carbocycles. The van der Waals surface area contributed by atoms with Crippen LogP contribution < -0.4 is 32.5 Å². The molecule has 14 N–H and O–H groups in total. The number of anilines is 2. The van der Waals surface area contributed by atoms with Gasteiger partial charge in [-0.05, 0) is 20.9 Å². The zero-order chi connectivity index (χ0) is 18.8. The van der Waals surface area contributed by atoms with E-state index in [-0.39, 0.29) is 44.2 Å². The van der Waals surface area contributed by atoms with Crippen LogP contribution in [0, 0.1) is 10.4 Å². The molecule has 0 radical (unpaired) electrons.